The third-order valence-corrected chi connectivity index (χ3v) is 3.35. The molecule has 0 amide bonds. The van der Waals surface area contributed by atoms with Gasteiger partial charge < -0.3 is 4.74 Å². The Morgan fingerprint density at radius 2 is 2.14 bits per heavy atom. The summed E-state index contributed by atoms with van der Waals surface area (Å²) in [4.78, 5) is 15.8. The Bertz CT molecular complexity index is 808. The van der Waals surface area contributed by atoms with Gasteiger partial charge in [0, 0.05) is 11.6 Å². The molecule has 5 nitrogen and oxygen atoms in total. The van der Waals surface area contributed by atoms with Crippen molar-refractivity contribution in [1.82, 2.24) is 14.8 Å². The summed E-state index contributed by atoms with van der Waals surface area (Å²) in [5, 5.41) is 5.48. The summed E-state index contributed by atoms with van der Waals surface area (Å²) in [6.07, 6.45) is 3.45. The second kappa shape index (κ2) is 5.36. The van der Waals surface area contributed by atoms with Crippen LogP contribution in [0.25, 0.3) is 10.9 Å². The number of hydrogen-bond acceptors (Lipinski definition) is 4. The van der Waals surface area contributed by atoms with E-state index in [4.69, 9.17) is 4.74 Å². The summed E-state index contributed by atoms with van der Waals surface area (Å²) in [5.74, 6) is -0.361. The van der Waals surface area contributed by atoms with Gasteiger partial charge in [-0.05, 0) is 31.2 Å². The van der Waals surface area contributed by atoms with Crippen LogP contribution in [-0.4, -0.2) is 27.8 Å². The molecule has 0 saturated carbocycles. The van der Waals surface area contributed by atoms with E-state index in [1.165, 1.54) is 12.7 Å². The molecule has 0 saturated heterocycles. The third kappa shape index (κ3) is 2.63. The first-order chi connectivity index (χ1) is 10.2. The fourth-order valence-electron chi connectivity index (χ4n) is 2.30. The van der Waals surface area contributed by atoms with Crippen molar-refractivity contribution in [2.75, 3.05) is 7.11 Å². The van der Waals surface area contributed by atoms with Crippen molar-refractivity contribution in [3.63, 3.8) is 0 Å². The highest BCUT2D eigenvalue weighted by molar-refractivity contribution is 5.89. The summed E-state index contributed by atoms with van der Waals surface area (Å²) in [6.45, 7) is 2.57. The topological polar surface area (TPSA) is 57.0 Å². The van der Waals surface area contributed by atoms with Crippen LogP contribution in [0.3, 0.4) is 0 Å². The largest absolute Gasteiger partial charge is 0.465 e. The van der Waals surface area contributed by atoms with E-state index < -0.39 is 0 Å². The van der Waals surface area contributed by atoms with Crippen LogP contribution < -0.4 is 0 Å². The van der Waals surface area contributed by atoms with Gasteiger partial charge in [-0.2, -0.15) is 5.10 Å². The van der Waals surface area contributed by atoms with E-state index in [1.54, 1.807) is 18.3 Å². The molecule has 0 N–H and O–H groups in total. The van der Waals surface area contributed by atoms with Crippen LogP contribution in [0.5, 0.6) is 0 Å². The standard InChI is InChI=1S/C16H15N3O2/c1-11-3-4-15-13(7-11)9-18-19(15)10-14-8-12(5-6-17-14)16(20)21-2/h3-9H,10H2,1-2H3. The number of ether oxygens (including phenoxy) is 1. The fourth-order valence-corrected chi connectivity index (χ4v) is 2.30. The van der Waals surface area contributed by atoms with Crippen molar-refractivity contribution < 1.29 is 9.53 Å². The smallest absolute Gasteiger partial charge is 0.337 e. The minimum absolute atomic E-state index is 0.361. The number of aromatic nitrogens is 3. The normalized spacial score (nSPS) is 10.8. The Labute approximate surface area is 122 Å². The Hall–Kier alpha value is -2.69. The minimum Gasteiger partial charge on any atom is -0.465 e. The number of esters is 1. The van der Waals surface area contributed by atoms with Crippen molar-refractivity contribution in [3.8, 4) is 0 Å². The number of pyridine rings is 1. The minimum atomic E-state index is -0.361. The molecular formula is C16H15N3O2. The maximum absolute atomic E-state index is 11.5. The number of aryl methyl sites for hydroxylation is 1. The van der Waals surface area contributed by atoms with Gasteiger partial charge in [0.2, 0.25) is 0 Å². The monoisotopic (exact) mass is 281 g/mol. The van der Waals surface area contributed by atoms with Gasteiger partial charge in [0.25, 0.3) is 0 Å². The zero-order valence-corrected chi connectivity index (χ0v) is 11.9. The lowest BCUT2D eigenvalue weighted by Gasteiger charge is -2.05. The summed E-state index contributed by atoms with van der Waals surface area (Å²) in [5.41, 5.74) is 3.51. The van der Waals surface area contributed by atoms with Gasteiger partial charge in [0.1, 0.15) is 0 Å². The van der Waals surface area contributed by atoms with Crippen LogP contribution in [0.1, 0.15) is 21.6 Å². The zero-order chi connectivity index (χ0) is 14.8. The van der Waals surface area contributed by atoms with Gasteiger partial charge in [-0.3, -0.25) is 9.67 Å². The van der Waals surface area contributed by atoms with Gasteiger partial charge in [0.05, 0.1) is 36.6 Å². The molecule has 21 heavy (non-hydrogen) atoms. The lowest BCUT2D eigenvalue weighted by Crippen LogP contribution is -2.06. The summed E-state index contributed by atoms with van der Waals surface area (Å²) in [6, 6.07) is 9.56. The maximum atomic E-state index is 11.5. The Balaban J connectivity index is 1.93. The van der Waals surface area contributed by atoms with E-state index in [-0.39, 0.29) is 5.97 Å². The number of fused-ring (bicyclic) bond motifs is 1. The molecule has 2 heterocycles. The van der Waals surface area contributed by atoms with E-state index >= 15 is 0 Å². The predicted molar refractivity (Wildman–Crippen MR) is 79.1 cm³/mol. The molecule has 0 atom stereocenters. The van der Waals surface area contributed by atoms with Crippen LogP contribution in [0, 0.1) is 6.92 Å². The molecule has 5 heteroatoms. The first-order valence-electron chi connectivity index (χ1n) is 6.63. The molecule has 0 spiro atoms. The van der Waals surface area contributed by atoms with E-state index in [2.05, 4.69) is 29.1 Å². The average Bonchev–Trinajstić information content (AvgIpc) is 2.89. The van der Waals surface area contributed by atoms with Gasteiger partial charge >= 0.3 is 5.97 Å². The summed E-state index contributed by atoms with van der Waals surface area (Å²) < 4.78 is 6.59. The Morgan fingerprint density at radius 1 is 1.29 bits per heavy atom. The number of nitrogens with zero attached hydrogens (tertiary/aromatic N) is 3. The van der Waals surface area contributed by atoms with E-state index in [0.29, 0.717) is 12.1 Å². The van der Waals surface area contributed by atoms with Gasteiger partial charge in [0.15, 0.2) is 0 Å². The van der Waals surface area contributed by atoms with Gasteiger partial charge in [-0.15, -0.1) is 0 Å². The van der Waals surface area contributed by atoms with Crippen molar-refractivity contribution in [2.45, 2.75) is 13.5 Å². The Morgan fingerprint density at radius 3 is 2.95 bits per heavy atom. The maximum Gasteiger partial charge on any atom is 0.337 e. The zero-order valence-electron chi connectivity index (χ0n) is 11.9. The van der Waals surface area contributed by atoms with Crippen molar-refractivity contribution in [1.29, 1.82) is 0 Å². The molecule has 0 aliphatic carbocycles. The number of benzene rings is 1. The molecule has 0 radical (unpaired) electrons. The molecule has 2 aromatic heterocycles. The predicted octanol–water partition coefficient (Wildman–Crippen LogP) is 2.57. The van der Waals surface area contributed by atoms with Crippen molar-refractivity contribution in [3.05, 3.63) is 59.5 Å². The van der Waals surface area contributed by atoms with Crippen LogP contribution in [0.15, 0.2) is 42.7 Å². The highest BCUT2D eigenvalue weighted by Crippen LogP contribution is 2.16. The average molecular weight is 281 g/mol. The fraction of sp³-hybridized carbons (Fsp3) is 0.188. The lowest BCUT2D eigenvalue weighted by atomic mass is 10.2. The van der Waals surface area contributed by atoms with E-state index in [9.17, 15) is 4.79 Å². The highest BCUT2D eigenvalue weighted by Gasteiger charge is 2.08. The van der Waals surface area contributed by atoms with Crippen LogP contribution in [0.2, 0.25) is 0 Å². The highest BCUT2D eigenvalue weighted by atomic mass is 16.5. The molecule has 0 aliphatic rings. The molecule has 0 bridgehead atoms. The first kappa shape index (κ1) is 13.3. The number of carbonyl (C=O) groups excluding carboxylic acids is 1. The number of carbonyl (C=O) groups is 1. The third-order valence-electron chi connectivity index (χ3n) is 3.35. The molecule has 0 aliphatic heterocycles. The van der Waals surface area contributed by atoms with Crippen LogP contribution >= 0.6 is 0 Å². The number of hydrogen-bond donors (Lipinski definition) is 0. The van der Waals surface area contributed by atoms with Gasteiger partial charge in [-0.1, -0.05) is 11.6 Å². The first-order valence-corrected chi connectivity index (χ1v) is 6.63. The number of rotatable bonds is 3. The van der Waals surface area contributed by atoms with Crippen molar-refractivity contribution >= 4 is 16.9 Å². The molecule has 3 aromatic rings. The second-order valence-electron chi connectivity index (χ2n) is 4.89. The van der Waals surface area contributed by atoms with Gasteiger partial charge in [-0.25, -0.2) is 4.79 Å². The molecule has 3 rings (SSSR count). The molecule has 1 aromatic carbocycles. The van der Waals surface area contributed by atoms with E-state index in [0.717, 1.165) is 16.6 Å². The van der Waals surface area contributed by atoms with Crippen LogP contribution in [0.4, 0.5) is 0 Å². The summed E-state index contributed by atoms with van der Waals surface area (Å²) >= 11 is 0. The van der Waals surface area contributed by atoms with Crippen molar-refractivity contribution in [2.24, 2.45) is 0 Å². The summed E-state index contributed by atoms with van der Waals surface area (Å²) in [7, 11) is 1.37. The molecule has 0 fully saturated rings. The second-order valence-corrected chi connectivity index (χ2v) is 4.89. The van der Waals surface area contributed by atoms with E-state index in [1.807, 2.05) is 16.9 Å². The number of methoxy groups -OCH3 is 1. The molecular weight excluding hydrogens is 266 g/mol. The molecule has 106 valence electrons. The quantitative estimate of drug-likeness (QED) is 0.692. The molecule has 0 unspecified atom stereocenters. The SMILES string of the molecule is COC(=O)c1ccnc(Cn2ncc3cc(C)ccc32)c1. The van der Waals surface area contributed by atoms with Crippen LogP contribution in [-0.2, 0) is 11.3 Å². The lowest BCUT2D eigenvalue weighted by molar-refractivity contribution is 0.0600. The Kier molecular flexibility index (Phi) is 3.39.